The first kappa shape index (κ1) is 18.6. The van der Waals surface area contributed by atoms with Crippen molar-refractivity contribution in [2.45, 2.75) is 19.1 Å². The second-order valence-electron chi connectivity index (χ2n) is 7.03. The Kier molecular flexibility index (Phi) is 4.39. The number of hydrogen-bond donors (Lipinski definition) is 3. The molecule has 1 aliphatic heterocycles. The molecule has 0 fully saturated rings. The first-order valence-electron chi connectivity index (χ1n) is 9.48. The lowest BCUT2D eigenvalue weighted by Gasteiger charge is -2.21. The lowest BCUT2D eigenvalue weighted by atomic mass is 10.0. The quantitative estimate of drug-likeness (QED) is 0.466. The normalized spacial score (nSPS) is 14.0. The lowest BCUT2D eigenvalue weighted by molar-refractivity contribution is -0.137. The summed E-state index contributed by atoms with van der Waals surface area (Å²) in [5, 5.41) is 14.6. The van der Waals surface area contributed by atoms with E-state index in [1.165, 1.54) is 12.1 Å². The van der Waals surface area contributed by atoms with Crippen LogP contribution < -0.4 is 10.6 Å². The molecule has 2 aromatic carbocycles. The highest BCUT2D eigenvalue weighted by atomic mass is 19.4. The van der Waals surface area contributed by atoms with Gasteiger partial charge in [0, 0.05) is 36.0 Å². The van der Waals surface area contributed by atoms with Crippen molar-refractivity contribution in [2.24, 2.45) is 0 Å². The van der Waals surface area contributed by atoms with Gasteiger partial charge in [-0.15, -0.1) is 0 Å². The van der Waals surface area contributed by atoms with E-state index in [0.717, 1.165) is 28.2 Å². The first-order valence-corrected chi connectivity index (χ1v) is 9.48. The summed E-state index contributed by atoms with van der Waals surface area (Å²) in [4.78, 5) is 8.99. The Balaban J connectivity index is 1.65. The molecule has 3 heterocycles. The number of H-pyrrole nitrogens is 1. The van der Waals surface area contributed by atoms with Crippen molar-refractivity contribution in [3.8, 4) is 11.4 Å². The number of halogens is 3. The molecule has 9 heteroatoms. The minimum Gasteiger partial charge on any atom is -0.323 e. The number of fused-ring (bicyclic) bond motifs is 2. The van der Waals surface area contributed by atoms with Crippen LogP contribution in [0.15, 0.2) is 48.5 Å². The third kappa shape index (κ3) is 3.26. The number of nitrogens with zero attached hydrogens (tertiary/aromatic N) is 3. The Morgan fingerprint density at radius 2 is 1.73 bits per heavy atom. The van der Waals surface area contributed by atoms with Crippen LogP contribution in [0.4, 0.5) is 24.8 Å². The van der Waals surface area contributed by atoms with Crippen molar-refractivity contribution in [1.29, 1.82) is 0 Å². The smallest absolute Gasteiger partial charge is 0.323 e. The van der Waals surface area contributed by atoms with Crippen molar-refractivity contribution in [3.05, 3.63) is 65.4 Å². The van der Waals surface area contributed by atoms with Crippen LogP contribution in [-0.4, -0.2) is 26.7 Å². The van der Waals surface area contributed by atoms with E-state index in [9.17, 15) is 13.2 Å². The van der Waals surface area contributed by atoms with Gasteiger partial charge >= 0.3 is 6.18 Å². The number of rotatable bonds is 3. The van der Waals surface area contributed by atoms with Crippen LogP contribution in [0.25, 0.3) is 22.3 Å². The summed E-state index contributed by atoms with van der Waals surface area (Å²) in [7, 11) is 0. The molecular formula is C21H17F3N6. The predicted octanol–water partition coefficient (Wildman–Crippen LogP) is 4.43. The molecular weight excluding hydrogens is 393 g/mol. The Bertz CT molecular complexity index is 1230. The molecule has 4 aromatic rings. The number of benzene rings is 2. The highest BCUT2D eigenvalue weighted by Gasteiger charge is 2.34. The highest BCUT2D eigenvalue weighted by molar-refractivity contribution is 5.91. The standard InChI is InChI=1S/C21H17F3N6/c22-21(23,24)15-7-3-1-5-12(15)18-26-16-9-10-25-11-14(16)19(27-18)28-20-13-6-2-4-8-17(13)29-30-20/h1-8,25H,9-11H2,(H2,26,27,28,29,30). The van der Waals surface area contributed by atoms with Gasteiger partial charge in [0.2, 0.25) is 0 Å². The van der Waals surface area contributed by atoms with Crippen LogP contribution in [0.3, 0.4) is 0 Å². The first-order chi connectivity index (χ1) is 14.5. The molecule has 152 valence electrons. The minimum absolute atomic E-state index is 0.0405. The number of hydrogen-bond acceptors (Lipinski definition) is 5. The molecule has 5 rings (SSSR count). The molecule has 0 aliphatic carbocycles. The zero-order chi connectivity index (χ0) is 20.7. The zero-order valence-electron chi connectivity index (χ0n) is 15.7. The highest BCUT2D eigenvalue weighted by Crippen LogP contribution is 2.37. The molecule has 0 unspecified atom stereocenters. The molecule has 0 saturated carbocycles. The van der Waals surface area contributed by atoms with Gasteiger partial charge in [-0.05, 0) is 18.2 Å². The topological polar surface area (TPSA) is 78.5 Å². The molecule has 0 bridgehead atoms. The summed E-state index contributed by atoms with van der Waals surface area (Å²) in [6.45, 7) is 1.23. The number of anilines is 2. The second kappa shape index (κ2) is 7.10. The fraction of sp³-hybridized carbons (Fsp3) is 0.190. The van der Waals surface area contributed by atoms with Crippen LogP contribution in [0.1, 0.15) is 16.8 Å². The molecule has 6 nitrogen and oxygen atoms in total. The van der Waals surface area contributed by atoms with Gasteiger partial charge in [-0.1, -0.05) is 30.3 Å². The number of para-hydroxylation sites is 1. The lowest BCUT2D eigenvalue weighted by Crippen LogP contribution is -2.26. The van der Waals surface area contributed by atoms with Crippen LogP contribution in [0.2, 0.25) is 0 Å². The zero-order valence-corrected chi connectivity index (χ0v) is 15.7. The Labute approximate surface area is 169 Å². The van der Waals surface area contributed by atoms with Gasteiger partial charge in [-0.2, -0.15) is 18.3 Å². The number of nitrogens with one attached hydrogen (secondary N) is 3. The average molecular weight is 410 g/mol. The van der Waals surface area contributed by atoms with Crippen LogP contribution in [0.5, 0.6) is 0 Å². The molecule has 1 aliphatic rings. The largest absolute Gasteiger partial charge is 0.417 e. The summed E-state index contributed by atoms with van der Waals surface area (Å²) in [6, 6.07) is 13.0. The molecule has 0 radical (unpaired) electrons. The van der Waals surface area contributed by atoms with Crippen LogP contribution in [0, 0.1) is 0 Å². The monoisotopic (exact) mass is 410 g/mol. The van der Waals surface area contributed by atoms with E-state index in [4.69, 9.17) is 0 Å². The van der Waals surface area contributed by atoms with Crippen molar-refractivity contribution in [1.82, 2.24) is 25.5 Å². The average Bonchev–Trinajstić information content (AvgIpc) is 3.16. The van der Waals surface area contributed by atoms with E-state index in [2.05, 4.69) is 30.8 Å². The van der Waals surface area contributed by atoms with Gasteiger partial charge in [0.05, 0.1) is 16.8 Å². The fourth-order valence-corrected chi connectivity index (χ4v) is 3.66. The summed E-state index contributed by atoms with van der Waals surface area (Å²) in [6.07, 6.45) is -3.89. The summed E-state index contributed by atoms with van der Waals surface area (Å²) in [5.41, 5.74) is 1.62. The van der Waals surface area contributed by atoms with E-state index in [1.807, 2.05) is 24.3 Å². The maximum atomic E-state index is 13.6. The van der Waals surface area contributed by atoms with Gasteiger partial charge in [-0.25, -0.2) is 9.97 Å². The van der Waals surface area contributed by atoms with E-state index < -0.39 is 11.7 Å². The van der Waals surface area contributed by atoms with E-state index in [0.29, 0.717) is 31.1 Å². The van der Waals surface area contributed by atoms with Crippen molar-refractivity contribution < 1.29 is 13.2 Å². The molecule has 0 spiro atoms. The third-order valence-electron chi connectivity index (χ3n) is 5.11. The molecule has 0 saturated heterocycles. The summed E-state index contributed by atoms with van der Waals surface area (Å²) >= 11 is 0. The molecule has 30 heavy (non-hydrogen) atoms. The number of aromatic amines is 1. The van der Waals surface area contributed by atoms with Crippen LogP contribution >= 0.6 is 0 Å². The second-order valence-corrected chi connectivity index (χ2v) is 7.03. The van der Waals surface area contributed by atoms with Crippen molar-refractivity contribution in [3.63, 3.8) is 0 Å². The predicted molar refractivity (Wildman–Crippen MR) is 107 cm³/mol. The van der Waals surface area contributed by atoms with E-state index in [1.54, 1.807) is 6.07 Å². The summed E-state index contributed by atoms with van der Waals surface area (Å²) < 4.78 is 40.7. The van der Waals surface area contributed by atoms with Gasteiger partial charge in [0.25, 0.3) is 0 Å². The Hall–Kier alpha value is -3.46. The van der Waals surface area contributed by atoms with Crippen molar-refractivity contribution >= 4 is 22.5 Å². The maximum Gasteiger partial charge on any atom is 0.417 e. The van der Waals surface area contributed by atoms with Crippen molar-refractivity contribution in [2.75, 3.05) is 11.9 Å². The van der Waals surface area contributed by atoms with Gasteiger partial charge < -0.3 is 10.6 Å². The molecule has 0 atom stereocenters. The number of aromatic nitrogens is 4. The van der Waals surface area contributed by atoms with Gasteiger partial charge in [-0.3, -0.25) is 5.10 Å². The third-order valence-corrected chi connectivity index (χ3v) is 5.11. The summed E-state index contributed by atoms with van der Waals surface area (Å²) in [5.74, 6) is 1.06. The van der Waals surface area contributed by atoms with Crippen LogP contribution in [-0.2, 0) is 19.1 Å². The molecule has 0 amide bonds. The van der Waals surface area contributed by atoms with Gasteiger partial charge in [0.15, 0.2) is 11.6 Å². The Morgan fingerprint density at radius 3 is 2.60 bits per heavy atom. The maximum absolute atomic E-state index is 13.6. The SMILES string of the molecule is FC(F)(F)c1ccccc1-c1nc2c(c(Nc3n[nH]c4ccccc34)n1)CNCC2. The minimum atomic E-state index is -4.50. The number of alkyl halides is 3. The molecule has 3 N–H and O–H groups in total. The van der Waals surface area contributed by atoms with E-state index >= 15 is 0 Å². The van der Waals surface area contributed by atoms with E-state index in [-0.39, 0.29) is 11.4 Å². The Morgan fingerprint density at radius 1 is 0.933 bits per heavy atom. The fourth-order valence-electron chi connectivity index (χ4n) is 3.66. The molecule has 2 aromatic heterocycles. The van der Waals surface area contributed by atoms with Gasteiger partial charge in [0.1, 0.15) is 5.82 Å².